The number of hydrogen-bond donors (Lipinski definition) is 2. The van der Waals surface area contributed by atoms with Gasteiger partial charge >= 0.3 is 0 Å². The van der Waals surface area contributed by atoms with Crippen molar-refractivity contribution in [3.63, 3.8) is 0 Å². The van der Waals surface area contributed by atoms with Crippen LogP contribution in [-0.4, -0.2) is 23.3 Å². The fourth-order valence-corrected chi connectivity index (χ4v) is 2.62. The van der Waals surface area contributed by atoms with E-state index < -0.39 is 0 Å². The highest BCUT2D eigenvalue weighted by molar-refractivity contribution is 6.05. The van der Waals surface area contributed by atoms with Crippen LogP contribution in [0.3, 0.4) is 0 Å². The van der Waals surface area contributed by atoms with Crippen LogP contribution in [0, 0.1) is 0 Å². The molecule has 0 spiro atoms. The van der Waals surface area contributed by atoms with Crippen molar-refractivity contribution in [1.82, 2.24) is 4.98 Å². The second kappa shape index (κ2) is 8.81. The second-order valence-corrected chi connectivity index (χ2v) is 6.07. The summed E-state index contributed by atoms with van der Waals surface area (Å²) in [6.07, 6.45) is 1.57. The number of rotatable bonds is 7. The number of para-hydroxylation sites is 2. The molecule has 0 fully saturated rings. The molecule has 6 heteroatoms. The van der Waals surface area contributed by atoms with Gasteiger partial charge in [-0.15, -0.1) is 0 Å². The zero-order valence-electron chi connectivity index (χ0n) is 15.7. The van der Waals surface area contributed by atoms with E-state index in [1.54, 1.807) is 42.6 Å². The third kappa shape index (κ3) is 4.73. The number of amides is 1. The molecule has 2 aromatic carbocycles. The molecule has 0 bridgehead atoms. The lowest BCUT2D eigenvalue weighted by atomic mass is 10.1. The Morgan fingerprint density at radius 3 is 2.46 bits per heavy atom. The van der Waals surface area contributed by atoms with Gasteiger partial charge < -0.3 is 15.4 Å². The van der Waals surface area contributed by atoms with E-state index in [1.165, 1.54) is 6.92 Å². The molecule has 1 amide bonds. The number of ketones is 1. The fourth-order valence-electron chi connectivity index (χ4n) is 2.62. The van der Waals surface area contributed by atoms with E-state index in [0.29, 0.717) is 35.0 Å². The van der Waals surface area contributed by atoms with Gasteiger partial charge in [-0.05, 0) is 62.4 Å². The van der Waals surface area contributed by atoms with Gasteiger partial charge in [-0.2, -0.15) is 0 Å². The van der Waals surface area contributed by atoms with Gasteiger partial charge in [0.2, 0.25) is 0 Å². The summed E-state index contributed by atoms with van der Waals surface area (Å²) in [5.41, 5.74) is 2.45. The lowest BCUT2D eigenvalue weighted by Gasteiger charge is -2.12. The number of carbonyl (C=O) groups is 2. The largest absolute Gasteiger partial charge is 0.492 e. The molecule has 2 N–H and O–H groups in total. The standard InChI is InChI=1S/C22H21N3O3/c1-3-28-20-7-5-4-6-19(20)25-21-14-17(12-13-23-21)22(27)24-18-10-8-16(9-11-18)15(2)26/h4-14H,3H2,1-2H3,(H,23,25)(H,24,27). The average molecular weight is 375 g/mol. The van der Waals surface area contributed by atoms with E-state index >= 15 is 0 Å². The smallest absolute Gasteiger partial charge is 0.255 e. The molecule has 0 aliphatic heterocycles. The molecule has 0 atom stereocenters. The van der Waals surface area contributed by atoms with Crippen LogP contribution in [0.2, 0.25) is 0 Å². The molecule has 6 nitrogen and oxygen atoms in total. The second-order valence-electron chi connectivity index (χ2n) is 6.07. The van der Waals surface area contributed by atoms with Crippen LogP contribution in [0.1, 0.15) is 34.6 Å². The van der Waals surface area contributed by atoms with E-state index in [4.69, 9.17) is 4.74 Å². The number of pyridine rings is 1. The first-order valence-electron chi connectivity index (χ1n) is 8.94. The van der Waals surface area contributed by atoms with Crippen LogP contribution in [-0.2, 0) is 0 Å². The quantitative estimate of drug-likeness (QED) is 0.586. The molecule has 28 heavy (non-hydrogen) atoms. The van der Waals surface area contributed by atoms with Crippen molar-refractivity contribution in [2.75, 3.05) is 17.2 Å². The molecule has 3 rings (SSSR count). The molecule has 0 saturated carbocycles. The van der Waals surface area contributed by atoms with Crippen LogP contribution in [0.5, 0.6) is 5.75 Å². The van der Waals surface area contributed by atoms with Crippen molar-refractivity contribution in [1.29, 1.82) is 0 Å². The minimum absolute atomic E-state index is 0.0185. The maximum atomic E-state index is 12.5. The van der Waals surface area contributed by atoms with Gasteiger partial charge in [0.1, 0.15) is 11.6 Å². The van der Waals surface area contributed by atoms with E-state index in [9.17, 15) is 9.59 Å². The highest BCUT2D eigenvalue weighted by Crippen LogP contribution is 2.27. The number of nitrogens with one attached hydrogen (secondary N) is 2. The Balaban J connectivity index is 1.74. The van der Waals surface area contributed by atoms with Crippen LogP contribution >= 0.6 is 0 Å². The number of aromatic nitrogens is 1. The molecular formula is C22H21N3O3. The number of anilines is 3. The molecule has 0 aliphatic carbocycles. The summed E-state index contributed by atoms with van der Waals surface area (Å²) in [6.45, 7) is 3.97. The topological polar surface area (TPSA) is 80.3 Å². The molecule has 142 valence electrons. The van der Waals surface area contributed by atoms with E-state index in [0.717, 1.165) is 5.69 Å². The molecule has 0 aliphatic rings. The Hall–Kier alpha value is -3.67. The summed E-state index contributed by atoms with van der Waals surface area (Å²) < 4.78 is 5.60. The summed E-state index contributed by atoms with van der Waals surface area (Å²) in [6, 6.07) is 17.6. The Bertz CT molecular complexity index is 984. The predicted molar refractivity (Wildman–Crippen MR) is 110 cm³/mol. The first kappa shape index (κ1) is 19.1. The SMILES string of the molecule is CCOc1ccccc1Nc1cc(C(=O)Nc2ccc(C(C)=O)cc2)ccn1. The molecular weight excluding hydrogens is 354 g/mol. The minimum atomic E-state index is -0.265. The van der Waals surface area contributed by atoms with Gasteiger partial charge in [-0.25, -0.2) is 4.98 Å². The molecule has 1 aromatic heterocycles. The molecule has 1 heterocycles. The van der Waals surface area contributed by atoms with E-state index in [2.05, 4.69) is 15.6 Å². The Labute approximate surface area is 163 Å². The molecule has 3 aromatic rings. The Morgan fingerprint density at radius 2 is 1.75 bits per heavy atom. The maximum Gasteiger partial charge on any atom is 0.255 e. The third-order valence-corrected chi connectivity index (χ3v) is 4.02. The molecule has 0 radical (unpaired) electrons. The highest BCUT2D eigenvalue weighted by Gasteiger charge is 2.10. The molecule has 0 unspecified atom stereocenters. The predicted octanol–water partition coefficient (Wildman–Crippen LogP) is 4.68. The van der Waals surface area contributed by atoms with Crippen molar-refractivity contribution >= 4 is 28.9 Å². The average Bonchev–Trinajstić information content (AvgIpc) is 2.70. The zero-order valence-corrected chi connectivity index (χ0v) is 15.7. The van der Waals surface area contributed by atoms with Crippen molar-refractivity contribution in [2.45, 2.75) is 13.8 Å². The lowest BCUT2D eigenvalue weighted by molar-refractivity contribution is 0.101. The van der Waals surface area contributed by atoms with Crippen LogP contribution in [0.25, 0.3) is 0 Å². The van der Waals surface area contributed by atoms with Crippen LogP contribution in [0.15, 0.2) is 66.9 Å². The lowest BCUT2D eigenvalue weighted by Crippen LogP contribution is -2.12. The van der Waals surface area contributed by atoms with Gasteiger partial charge in [-0.3, -0.25) is 9.59 Å². The number of benzene rings is 2. The number of nitrogens with zero attached hydrogens (tertiary/aromatic N) is 1. The van der Waals surface area contributed by atoms with Gasteiger partial charge in [0.25, 0.3) is 5.91 Å². The van der Waals surface area contributed by atoms with E-state index in [-0.39, 0.29) is 11.7 Å². The Morgan fingerprint density at radius 1 is 1.00 bits per heavy atom. The minimum Gasteiger partial charge on any atom is -0.492 e. The van der Waals surface area contributed by atoms with Crippen molar-refractivity contribution in [3.8, 4) is 5.75 Å². The van der Waals surface area contributed by atoms with E-state index in [1.807, 2.05) is 31.2 Å². The normalized spacial score (nSPS) is 10.2. The van der Waals surface area contributed by atoms with Crippen molar-refractivity contribution < 1.29 is 14.3 Å². The van der Waals surface area contributed by atoms with Gasteiger partial charge in [0.15, 0.2) is 5.78 Å². The summed E-state index contributed by atoms with van der Waals surface area (Å²) >= 11 is 0. The Kier molecular flexibility index (Phi) is 6.01. The highest BCUT2D eigenvalue weighted by atomic mass is 16.5. The van der Waals surface area contributed by atoms with Gasteiger partial charge in [-0.1, -0.05) is 12.1 Å². The van der Waals surface area contributed by atoms with Gasteiger partial charge in [0, 0.05) is 23.0 Å². The van der Waals surface area contributed by atoms with Crippen LogP contribution < -0.4 is 15.4 Å². The third-order valence-electron chi connectivity index (χ3n) is 4.02. The monoisotopic (exact) mass is 375 g/mol. The molecule has 0 saturated heterocycles. The van der Waals surface area contributed by atoms with Gasteiger partial charge in [0.05, 0.1) is 12.3 Å². The number of ether oxygens (including phenoxy) is 1. The number of Topliss-reactive ketones (excluding diaryl/α,β-unsaturated/α-hetero) is 1. The fraction of sp³-hybridized carbons (Fsp3) is 0.136. The summed E-state index contributed by atoms with van der Waals surface area (Å²) in [4.78, 5) is 28.2. The van der Waals surface area contributed by atoms with Crippen molar-refractivity contribution in [3.05, 3.63) is 78.0 Å². The summed E-state index contributed by atoms with van der Waals surface area (Å²) in [5.74, 6) is 0.966. The first-order valence-corrected chi connectivity index (χ1v) is 8.94. The van der Waals surface area contributed by atoms with Crippen LogP contribution in [0.4, 0.5) is 17.2 Å². The number of carbonyl (C=O) groups excluding carboxylic acids is 2. The maximum absolute atomic E-state index is 12.5. The van der Waals surface area contributed by atoms with Crippen molar-refractivity contribution in [2.24, 2.45) is 0 Å². The zero-order chi connectivity index (χ0) is 19.9. The number of hydrogen-bond acceptors (Lipinski definition) is 5. The summed E-state index contributed by atoms with van der Waals surface area (Å²) in [5, 5.41) is 6.00. The summed E-state index contributed by atoms with van der Waals surface area (Å²) in [7, 11) is 0. The first-order chi connectivity index (χ1) is 13.6.